The van der Waals surface area contributed by atoms with E-state index in [1.165, 1.54) is 0 Å². The quantitative estimate of drug-likeness (QED) is 0.273. The van der Waals surface area contributed by atoms with Gasteiger partial charge in [-0.15, -0.1) is 0 Å². The van der Waals surface area contributed by atoms with Crippen molar-refractivity contribution >= 4 is 13.6 Å². The van der Waals surface area contributed by atoms with Gasteiger partial charge in [-0.05, 0) is 0 Å². The van der Waals surface area contributed by atoms with Gasteiger partial charge in [-0.25, -0.2) is 4.79 Å². The van der Waals surface area contributed by atoms with Crippen molar-refractivity contribution in [1.82, 2.24) is 0 Å². The summed E-state index contributed by atoms with van der Waals surface area (Å²) in [5.74, 6) is -0.495. The van der Waals surface area contributed by atoms with Crippen molar-refractivity contribution in [3.63, 3.8) is 0 Å². The Hall–Kier alpha value is -0.680. The molecule has 0 atom stereocenters. The maximum absolute atomic E-state index is 10.5. The molecule has 0 aromatic heterocycles. The predicted octanol–water partition coefficient (Wildman–Crippen LogP) is 0.300. The molecule has 0 aliphatic rings. The number of hydrogen-bond acceptors (Lipinski definition) is 4. The fraction of sp³-hybridized carbons (Fsp3) is 0.625. The van der Waals surface area contributed by atoms with E-state index in [0.29, 0.717) is 13.0 Å². The lowest BCUT2D eigenvalue weighted by Crippen LogP contribution is -2.07. The Balaban J connectivity index is 3.22. The smallest absolute Gasteiger partial charge is 0.330 e. The molecule has 0 amide bonds. The highest BCUT2D eigenvalue weighted by atomic mass is 31.2. The van der Waals surface area contributed by atoms with Crippen LogP contribution in [0.15, 0.2) is 12.7 Å². The second kappa shape index (κ2) is 7.59. The highest BCUT2D eigenvalue weighted by Crippen LogP contribution is 2.33. The largest absolute Gasteiger partial charge is 0.462 e. The summed E-state index contributed by atoms with van der Waals surface area (Å²) in [6.07, 6.45) is 1.26. The lowest BCUT2D eigenvalue weighted by molar-refractivity contribution is -0.138. The van der Waals surface area contributed by atoms with E-state index < -0.39 is 13.6 Å². The molecule has 7 heteroatoms. The van der Waals surface area contributed by atoms with E-state index in [1.807, 2.05) is 0 Å². The van der Waals surface area contributed by atoms with Crippen molar-refractivity contribution in [3.8, 4) is 0 Å². The Kier molecular flexibility index (Phi) is 7.25. The molecule has 0 bridgehead atoms. The van der Waals surface area contributed by atoms with Crippen LogP contribution in [0.5, 0.6) is 0 Å². The molecule has 0 radical (unpaired) electrons. The molecule has 0 aromatic carbocycles. The van der Waals surface area contributed by atoms with Gasteiger partial charge in [0.2, 0.25) is 0 Å². The van der Waals surface area contributed by atoms with Crippen LogP contribution in [0.25, 0.3) is 0 Å². The molecule has 6 nitrogen and oxygen atoms in total. The highest BCUT2D eigenvalue weighted by Gasteiger charge is 2.11. The molecule has 0 spiro atoms. The fourth-order valence-corrected chi connectivity index (χ4v) is 1.05. The molecule has 15 heavy (non-hydrogen) atoms. The van der Waals surface area contributed by atoms with Crippen LogP contribution in [0.3, 0.4) is 0 Å². The first-order valence-corrected chi connectivity index (χ1v) is 6.17. The van der Waals surface area contributed by atoms with Crippen molar-refractivity contribution in [1.29, 1.82) is 0 Å². The molecule has 88 valence electrons. The van der Waals surface area contributed by atoms with E-state index >= 15 is 0 Å². The van der Waals surface area contributed by atoms with Gasteiger partial charge in [0, 0.05) is 19.1 Å². The highest BCUT2D eigenvalue weighted by molar-refractivity contribution is 7.51. The second-order valence-electron chi connectivity index (χ2n) is 2.73. The van der Waals surface area contributed by atoms with E-state index in [4.69, 9.17) is 14.5 Å². The molecule has 0 saturated carbocycles. The van der Waals surface area contributed by atoms with E-state index in [2.05, 4.69) is 11.3 Å². The molecule has 2 N–H and O–H groups in total. The molecule has 0 unspecified atom stereocenters. The van der Waals surface area contributed by atoms with Crippen LogP contribution in [-0.4, -0.2) is 41.7 Å². The molecule has 0 rings (SSSR count). The number of carbonyl (C=O) groups excluding carboxylic acids is 1. The first kappa shape index (κ1) is 14.3. The lowest BCUT2D eigenvalue weighted by atomic mass is 10.5. The second-order valence-corrected chi connectivity index (χ2v) is 4.50. The van der Waals surface area contributed by atoms with Crippen molar-refractivity contribution in [3.05, 3.63) is 12.7 Å². The van der Waals surface area contributed by atoms with Crippen LogP contribution >= 0.6 is 7.60 Å². The minimum Gasteiger partial charge on any atom is -0.462 e. The van der Waals surface area contributed by atoms with E-state index in [0.717, 1.165) is 6.08 Å². The van der Waals surface area contributed by atoms with Crippen LogP contribution in [-0.2, 0) is 18.8 Å². The van der Waals surface area contributed by atoms with Crippen molar-refractivity contribution < 1.29 is 28.6 Å². The van der Waals surface area contributed by atoms with E-state index in [-0.39, 0.29) is 19.4 Å². The van der Waals surface area contributed by atoms with Gasteiger partial charge in [-0.2, -0.15) is 0 Å². The summed E-state index contributed by atoms with van der Waals surface area (Å²) in [6, 6.07) is 0. The summed E-state index contributed by atoms with van der Waals surface area (Å²) in [6.45, 7) is 3.73. The van der Waals surface area contributed by atoms with Crippen LogP contribution in [0, 0.1) is 0 Å². The van der Waals surface area contributed by atoms with Gasteiger partial charge in [0.25, 0.3) is 0 Å². The number of carbonyl (C=O) groups is 1. The summed E-state index contributed by atoms with van der Waals surface area (Å²) in [5, 5.41) is 0. The van der Waals surface area contributed by atoms with Crippen LogP contribution in [0.2, 0.25) is 0 Å². The standard InChI is InChI=1S/C8H15O6P/c1-2-8(9)14-5-3-4-13-6-7-15(10,11)12/h2H,1,3-7H2,(H2,10,11,12). The average Bonchev–Trinajstić information content (AvgIpc) is 2.14. The zero-order chi connectivity index (χ0) is 11.7. The fourth-order valence-electron chi connectivity index (χ4n) is 0.678. The van der Waals surface area contributed by atoms with E-state index in [1.54, 1.807) is 0 Å². The molecule has 0 saturated heterocycles. The monoisotopic (exact) mass is 238 g/mol. The van der Waals surface area contributed by atoms with Gasteiger partial charge in [-0.1, -0.05) is 6.58 Å². The summed E-state index contributed by atoms with van der Waals surface area (Å²) in [7, 11) is -3.97. The molecule has 0 aromatic rings. The zero-order valence-corrected chi connectivity index (χ0v) is 9.19. The zero-order valence-electron chi connectivity index (χ0n) is 8.29. The SMILES string of the molecule is C=CC(=O)OCCCOCCP(=O)(O)O. The van der Waals surface area contributed by atoms with Crippen molar-refractivity contribution in [2.45, 2.75) is 6.42 Å². The maximum atomic E-state index is 10.5. The third-order valence-corrected chi connectivity index (χ3v) is 2.14. The number of rotatable bonds is 8. The summed E-state index contributed by atoms with van der Waals surface area (Å²) < 4.78 is 19.9. The van der Waals surface area contributed by atoms with E-state index in [9.17, 15) is 9.36 Å². The third-order valence-electron chi connectivity index (χ3n) is 1.37. The van der Waals surface area contributed by atoms with Gasteiger partial charge >= 0.3 is 13.6 Å². The van der Waals surface area contributed by atoms with Gasteiger partial charge in [-0.3, -0.25) is 4.57 Å². The topological polar surface area (TPSA) is 93.1 Å². The summed E-state index contributed by atoms with van der Waals surface area (Å²) in [5.41, 5.74) is 0. The van der Waals surface area contributed by atoms with Gasteiger partial charge in [0.15, 0.2) is 0 Å². The third kappa shape index (κ3) is 11.2. The Morgan fingerprint density at radius 3 is 2.53 bits per heavy atom. The lowest BCUT2D eigenvalue weighted by Gasteiger charge is -2.05. The Labute approximate surface area is 88.0 Å². The molecular formula is C8H15O6P. The number of hydrogen-bond donors (Lipinski definition) is 2. The Morgan fingerprint density at radius 1 is 1.33 bits per heavy atom. The Bertz CT molecular complexity index is 246. The first-order chi connectivity index (χ1) is 6.95. The minimum atomic E-state index is -3.97. The van der Waals surface area contributed by atoms with Crippen LogP contribution in [0.1, 0.15) is 6.42 Å². The van der Waals surface area contributed by atoms with Gasteiger partial charge in [0.05, 0.1) is 19.4 Å². The average molecular weight is 238 g/mol. The maximum Gasteiger partial charge on any atom is 0.330 e. The first-order valence-electron chi connectivity index (χ1n) is 4.37. The number of ether oxygens (including phenoxy) is 2. The Morgan fingerprint density at radius 2 is 2.00 bits per heavy atom. The molecule has 0 fully saturated rings. The predicted molar refractivity (Wildman–Crippen MR) is 53.5 cm³/mol. The molecular weight excluding hydrogens is 223 g/mol. The van der Waals surface area contributed by atoms with Crippen molar-refractivity contribution in [2.75, 3.05) is 26.0 Å². The number of esters is 1. The molecule has 0 aliphatic heterocycles. The van der Waals surface area contributed by atoms with Crippen LogP contribution < -0.4 is 0 Å². The summed E-state index contributed by atoms with van der Waals surface area (Å²) in [4.78, 5) is 27.5. The molecule has 0 aliphatic carbocycles. The van der Waals surface area contributed by atoms with Crippen LogP contribution in [0.4, 0.5) is 0 Å². The van der Waals surface area contributed by atoms with Gasteiger partial charge < -0.3 is 19.3 Å². The molecule has 0 heterocycles. The summed E-state index contributed by atoms with van der Waals surface area (Å²) >= 11 is 0. The normalized spacial score (nSPS) is 11.1. The van der Waals surface area contributed by atoms with Gasteiger partial charge in [0.1, 0.15) is 0 Å². The van der Waals surface area contributed by atoms with Crippen molar-refractivity contribution in [2.24, 2.45) is 0 Å². The minimum absolute atomic E-state index is 0.000315.